The maximum Gasteiger partial charge on any atom is 0.322 e. The average molecular weight is 337 g/mol. The molecule has 25 heavy (non-hydrogen) atoms. The van der Waals surface area contributed by atoms with E-state index in [-0.39, 0.29) is 11.9 Å². The Hall–Kier alpha value is -2.82. The molecule has 3 rings (SSSR count). The number of benzene rings is 2. The second-order valence-corrected chi connectivity index (χ2v) is 6.51. The van der Waals surface area contributed by atoms with Crippen LogP contribution in [0, 0.1) is 13.8 Å². The highest BCUT2D eigenvalue weighted by Gasteiger charge is 2.34. The van der Waals surface area contributed by atoms with Crippen LogP contribution in [-0.2, 0) is 4.79 Å². The van der Waals surface area contributed by atoms with Crippen molar-refractivity contribution in [2.75, 3.05) is 17.2 Å². The number of hydrogen-bond donors (Lipinski definition) is 2. The Morgan fingerprint density at radius 3 is 2.44 bits per heavy atom. The topological polar surface area (TPSA) is 61.4 Å². The van der Waals surface area contributed by atoms with Gasteiger partial charge in [-0.15, -0.1) is 0 Å². The fraction of sp³-hybridized carbons (Fsp3) is 0.300. The lowest BCUT2D eigenvalue weighted by Crippen LogP contribution is -2.45. The van der Waals surface area contributed by atoms with Gasteiger partial charge in [0.05, 0.1) is 0 Å². The summed E-state index contributed by atoms with van der Waals surface area (Å²) in [6.45, 7) is 4.56. The predicted molar refractivity (Wildman–Crippen MR) is 99.7 cm³/mol. The van der Waals surface area contributed by atoms with Crippen molar-refractivity contribution in [1.82, 2.24) is 4.90 Å². The minimum atomic E-state index is -0.439. The number of carbonyl (C=O) groups is 2. The Morgan fingerprint density at radius 2 is 1.72 bits per heavy atom. The largest absolute Gasteiger partial charge is 0.324 e. The van der Waals surface area contributed by atoms with Gasteiger partial charge in [0.1, 0.15) is 6.04 Å². The third-order valence-corrected chi connectivity index (χ3v) is 4.40. The molecule has 1 aliphatic heterocycles. The molecule has 0 aliphatic carbocycles. The van der Waals surface area contributed by atoms with E-state index in [9.17, 15) is 9.59 Å². The molecular weight excluding hydrogens is 314 g/mol. The molecule has 0 radical (unpaired) electrons. The molecule has 5 heteroatoms. The van der Waals surface area contributed by atoms with Crippen LogP contribution in [0.15, 0.2) is 48.5 Å². The number of nitrogens with one attached hydrogen (secondary N) is 2. The second kappa shape index (κ2) is 7.38. The molecule has 3 amide bonds. The van der Waals surface area contributed by atoms with Crippen molar-refractivity contribution in [2.45, 2.75) is 32.7 Å². The van der Waals surface area contributed by atoms with E-state index in [2.05, 4.69) is 10.6 Å². The van der Waals surface area contributed by atoms with Crippen LogP contribution in [-0.4, -0.2) is 29.4 Å². The molecule has 1 fully saturated rings. The fourth-order valence-corrected chi connectivity index (χ4v) is 3.06. The third-order valence-electron chi connectivity index (χ3n) is 4.40. The third kappa shape index (κ3) is 4.18. The summed E-state index contributed by atoms with van der Waals surface area (Å²) in [7, 11) is 0. The van der Waals surface area contributed by atoms with E-state index in [4.69, 9.17) is 0 Å². The maximum absolute atomic E-state index is 12.6. The summed E-state index contributed by atoms with van der Waals surface area (Å²) in [5.74, 6) is -0.137. The van der Waals surface area contributed by atoms with Gasteiger partial charge in [-0.25, -0.2) is 4.79 Å². The molecule has 2 aromatic rings. The minimum absolute atomic E-state index is 0.137. The lowest BCUT2D eigenvalue weighted by molar-refractivity contribution is -0.119. The Morgan fingerprint density at radius 1 is 0.960 bits per heavy atom. The van der Waals surface area contributed by atoms with Crippen molar-refractivity contribution in [3.8, 4) is 0 Å². The van der Waals surface area contributed by atoms with Crippen molar-refractivity contribution in [1.29, 1.82) is 0 Å². The number of rotatable bonds is 3. The van der Waals surface area contributed by atoms with Gasteiger partial charge in [0.2, 0.25) is 5.91 Å². The first-order valence-electron chi connectivity index (χ1n) is 8.55. The molecule has 0 aromatic heterocycles. The first-order chi connectivity index (χ1) is 12.0. The number of aryl methyl sites for hydroxylation is 2. The van der Waals surface area contributed by atoms with Crippen LogP contribution in [0.3, 0.4) is 0 Å². The summed E-state index contributed by atoms with van der Waals surface area (Å²) < 4.78 is 0. The molecule has 2 aromatic carbocycles. The number of nitrogens with zero attached hydrogens (tertiary/aromatic N) is 1. The smallest absolute Gasteiger partial charge is 0.322 e. The number of carbonyl (C=O) groups excluding carboxylic acids is 2. The van der Waals surface area contributed by atoms with E-state index in [1.54, 1.807) is 4.90 Å². The number of amides is 3. The van der Waals surface area contributed by atoms with E-state index >= 15 is 0 Å². The van der Waals surface area contributed by atoms with Crippen LogP contribution >= 0.6 is 0 Å². The maximum atomic E-state index is 12.6. The molecule has 0 spiro atoms. The number of urea groups is 1. The van der Waals surface area contributed by atoms with Gasteiger partial charge in [-0.05, 0) is 56.5 Å². The van der Waals surface area contributed by atoms with Crippen LogP contribution < -0.4 is 10.6 Å². The van der Waals surface area contributed by atoms with Gasteiger partial charge < -0.3 is 15.5 Å². The van der Waals surface area contributed by atoms with Gasteiger partial charge >= 0.3 is 6.03 Å². The lowest BCUT2D eigenvalue weighted by Gasteiger charge is -2.24. The Kier molecular flexibility index (Phi) is 5.03. The summed E-state index contributed by atoms with van der Waals surface area (Å²) >= 11 is 0. The zero-order valence-electron chi connectivity index (χ0n) is 14.6. The molecule has 1 unspecified atom stereocenters. The summed E-state index contributed by atoms with van der Waals surface area (Å²) in [5.41, 5.74) is 3.71. The standard InChI is InChI=1S/C20H23N3O2/c1-14-8-10-16(11-9-14)22-20(25)23-12-4-7-18(23)19(24)21-17-6-3-5-15(2)13-17/h3,5-6,8-11,13,18H,4,7,12H2,1-2H3,(H,21,24)(H,22,25). The highest BCUT2D eigenvalue weighted by Crippen LogP contribution is 2.21. The summed E-state index contributed by atoms with van der Waals surface area (Å²) in [6, 6.07) is 14.6. The number of hydrogen-bond acceptors (Lipinski definition) is 2. The van der Waals surface area contributed by atoms with E-state index in [0.717, 1.165) is 28.9 Å². The quantitative estimate of drug-likeness (QED) is 0.891. The lowest BCUT2D eigenvalue weighted by atomic mass is 10.2. The zero-order chi connectivity index (χ0) is 17.8. The fourth-order valence-electron chi connectivity index (χ4n) is 3.06. The molecule has 1 atom stereocenters. The Balaban J connectivity index is 1.65. The van der Waals surface area contributed by atoms with Gasteiger partial charge in [-0.1, -0.05) is 29.8 Å². The van der Waals surface area contributed by atoms with Crippen molar-refractivity contribution < 1.29 is 9.59 Å². The molecule has 130 valence electrons. The molecule has 1 saturated heterocycles. The highest BCUT2D eigenvalue weighted by molar-refractivity contribution is 5.99. The van der Waals surface area contributed by atoms with Crippen molar-refractivity contribution in [2.24, 2.45) is 0 Å². The average Bonchev–Trinajstić information content (AvgIpc) is 3.07. The summed E-state index contributed by atoms with van der Waals surface area (Å²) in [5, 5.41) is 5.80. The Labute approximate surface area is 148 Å². The van der Waals surface area contributed by atoms with Gasteiger partial charge in [-0.2, -0.15) is 0 Å². The zero-order valence-corrected chi connectivity index (χ0v) is 14.6. The van der Waals surface area contributed by atoms with E-state index in [1.807, 2.05) is 62.4 Å². The van der Waals surface area contributed by atoms with Crippen LogP contribution in [0.2, 0.25) is 0 Å². The van der Waals surface area contributed by atoms with Crippen LogP contribution in [0.4, 0.5) is 16.2 Å². The van der Waals surface area contributed by atoms with E-state index in [0.29, 0.717) is 13.0 Å². The van der Waals surface area contributed by atoms with Gasteiger partial charge in [0.25, 0.3) is 0 Å². The monoisotopic (exact) mass is 337 g/mol. The Bertz CT molecular complexity index is 771. The van der Waals surface area contributed by atoms with Gasteiger partial charge in [-0.3, -0.25) is 4.79 Å². The number of anilines is 2. The SMILES string of the molecule is Cc1ccc(NC(=O)N2CCCC2C(=O)Nc2cccc(C)c2)cc1. The molecule has 0 bridgehead atoms. The predicted octanol–water partition coefficient (Wildman–Crippen LogP) is 3.94. The molecule has 5 nitrogen and oxygen atoms in total. The van der Waals surface area contributed by atoms with Crippen molar-refractivity contribution in [3.63, 3.8) is 0 Å². The molecule has 1 aliphatic rings. The van der Waals surface area contributed by atoms with E-state index in [1.165, 1.54) is 0 Å². The molecule has 2 N–H and O–H groups in total. The van der Waals surface area contributed by atoms with Gasteiger partial charge in [0, 0.05) is 17.9 Å². The van der Waals surface area contributed by atoms with Crippen molar-refractivity contribution in [3.05, 3.63) is 59.7 Å². The molecule has 0 saturated carbocycles. The van der Waals surface area contributed by atoms with Crippen LogP contribution in [0.5, 0.6) is 0 Å². The second-order valence-electron chi connectivity index (χ2n) is 6.51. The summed E-state index contributed by atoms with van der Waals surface area (Å²) in [6.07, 6.45) is 1.51. The minimum Gasteiger partial charge on any atom is -0.324 e. The highest BCUT2D eigenvalue weighted by atomic mass is 16.2. The summed E-state index contributed by atoms with van der Waals surface area (Å²) in [4.78, 5) is 26.8. The van der Waals surface area contributed by atoms with E-state index < -0.39 is 6.04 Å². The normalized spacial score (nSPS) is 16.6. The van der Waals surface area contributed by atoms with Gasteiger partial charge in [0.15, 0.2) is 0 Å². The van der Waals surface area contributed by atoms with Crippen molar-refractivity contribution >= 4 is 23.3 Å². The number of likely N-dealkylation sites (tertiary alicyclic amines) is 1. The van der Waals surface area contributed by atoms with Crippen LogP contribution in [0.1, 0.15) is 24.0 Å². The molecular formula is C20H23N3O2. The first-order valence-corrected chi connectivity index (χ1v) is 8.55. The van der Waals surface area contributed by atoms with Crippen LogP contribution in [0.25, 0.3) is 0 Å². The molecule has 1 heterocycles. The first kappa shape index (κ1) is 17.0.